The summed E-state index contributed by atoms with van der Waals surface area (Å²) in [5.41, 5.74) is 0.444. The van der Waals surface area contributed by atoms with Crippen molar-refractivity contribution in [3.8, 4) is 0 Å². The third-order valence-electron chi connectivity index (χ3n) is 0.699. The Morgan fingerprint density at radius 1 is 2.00 bits per heavy atom. The van der Waals surface area contributed by atoms with Gasteiger partial charge in [0.05, 0.1) is 12.9 Å². The predicted octanol–water partition coefficient (Wildman–Crippen LogP) is -0.667. The van der Waals surface area contributed by atoms with Crippen molar-refractivity contribution in [3.63, 3.8) is 0 Å². The second-order valence-corrected chi connectivity index (χ2v) is 1.19. The molecule has 0 saturated carbocycles. The normalized spacial score (nSPS) is 16.3. The minimum absolute atomic E-state index is 0.444. The molecule has 1 aliphatic heterocycles. The Hall–Kier alpha value is -1.08. The van der Waals surface area contributed by atoms with E-state index in [-0.39, 0.29) is 0 Å². The fraction of sp³-hybridized carbons (Fsp3) is 0.250. The van der Waals surface area contributed by atoms with Gasteiger partial charge in [-0.2, -0.15) is 0 Å². The topological polar surface area (TPSA) is 41.5 Å². The van der Waals surface area contributed by atoms with Crippen molar-refractivity contribution in [2.24, 2.45) is 4.99 Å². The van der Waals surface area contributed by atoms with Gasteiger partial charge in [0, 0.05) is 0 Å². The lowest BCUT2D eigenvalue weighted by molar-refractivity contribution is 0.566. The molecule has 1 aliphatic rings. The van der Waals surface area contributed by atoms with Crippen molar-refractivity contribution in [2.75, 3.05) is 6.54 Å². The first-order chi connectivity index (χ1) is 3.43. The van der Waals surface area contributed by atoms with Gasteiger partial charge in [-0.25, -0.2) is 9.79 Å². The van der Waals surface area contributed by atoms with Gasteiger partial charge in [0.2, 0.25) is 0 Å². The first-order valence-electron chi connectivity index (χ1n) is 1.93. The summed E-state index contributed by atoms with van der Waals surface area (Å²) >= 11 is 0. The zero-order chi connectivity index (χ0) is 5.11. The van der Waals surface area contributed by atoms with E-state index in [2.05, 4.69) is 10.3 Å². The van der Waals surface area contributed by atoms with Crippen molar-refractivity contribution < 1.29 is 4.79 Å². The van der Waals surface area contributed by atoms with Gasteiger partial charge in [-0.1, -0.05) is 0 Å². The first kappa shape index (κ1) is 4.09. The quantitative estimate of drug-likeness (QED) is 0.406. The van der Waals surface area contributed by atoms with Crippen molar-refractivity contribution in [3.05, 3.63) is 5.70 Å². The zero-order valence-electron chi connectivity index (χ0n) is 3.64. The van der Waals surface area contributed by atoms with Crippen LogP contribution in [-0.2, 0) is 4.79 Å². The van der Waals surface area contributed by atoms with Gasteiger partial charge in [-0.05, 0) is 0 Å². The Morgan fingerprint density at radius 2 is 2.86 bits per heavy atom. The third-order valence-corrected chi connectivity index (χ3v) is 0.699. The molecule has 0 aromatic heterocycles. The summed E-state index contributed by atoms with van der Waals surface area (Å²) in [6.07, 6.45) is 1.49. The van der Waals surface area contributed by atoms with Crippen LogP contribution in [0.4, 0.5) is 0 Å². The third kappa shape index (κ3) is 0.669. The molecular weight excluding hydrogens is 92.1 g/mol. The molecule has 7 heavy (non-hydrogen) atoms. The molecule has 0 bridgehead atoms. The lowest BCUT2D eigenvalue weighted by Gasteiger charge is -1.77. The Labute approximate surface area is 40.7 Å². The van der Waals surface area contributed by atoms with Crippen LogP contribution in [0.15, 0.2) is 10.7 Å². The average Bonchev–Trinajstić information content (AvgIpc) is 2.14. The average molecular weight is 96.1 g/mol. The fourth-order valence-corrected chi connectivity index (χ4v) is 0.374. The molecule has 1 N–H and O–H groups in total. The second-order valence-electron chi connectivity index (χ2n) is 1.19. The molecular formula is C4H4N2O. The number of aliphatic imine (C=N–C) groups is 1. The molecule has 36 valence electrons. The van der Waals surface area contributed by atoms with E-state index < -0.39 is 0 Å². The Kier molecular flexibility index (Phi) is 0.922. The lowest BCUT2D eigenvalue weighted by Crippen LogP contribution is -2.04. The van der Waals surface area contributed by atoms with E-state index >= 15 is 0 Å². The van der Waals surface area contributed by atoms with Crippen molar-refractivity contribution >= 4 is 12.3 Å². The van der Waals surface area contributed by atoms with Gasteiger partial charge in [-0.3, -0.25) is 0 Å². The molecule has 0 saturated heterocycles. The predicted molar refractivity (Wildman–Crippen MR) is 25.7 cm³/mol. The van der Waals surface area contributed by atoms with Gasteiger partial charge in [-0.15, -0.1) is 0 Å². The largest absolute Gasteiger partial charge is 0.370 e. The van der Waals surface area contributed by atoms with Crippen LogP contribution in [0, 0.1) is 0 Å². The molecule has 3 heteroatoms. The minimum atomic E-state index is 0.444. The summed E-state index contributed by atoms with van der Waals surface area (Å²) in [6, 6.07) is 0. The molecule has 0 aromatic carbocycles. The SMILES string of the molecule is O=C=C1CNC=N1. The van der Waals surface area contributed by atoms with Crippen LogP contribution in [-0.4, -0.2) is 18.8 Å². The maximum atomic E-state index is 9.69. The molecule has 0 aliphatic carbocycles. The van der Waals surface area contributed by atoms with Gasteiger partial charge < -0.3 is 5.32 Å². The van der Waals surface area contributed by atoms with Crippen LogP contribution in [0.2, 0.25) is 0 Å². The smallest absolute Gasteiger partial charge is 0.150 e. The second kappa shape index (κ2) is 1.58. The van der Waals surface area contributed by atoms with Crippen molar-refractivity contribution in [2.45, 2.75) is 0 Å². The highest BCUT2D eigenvalue weighted by atomic mass is 16.1. The molecule has 0 radical (unpaired) electrons. The van der Waals surface area contributed by atoms with E-state index in [9.17, 15) is 4.79 Å². The highest BCUT2D eigenvalue weighted by molar-refractivity contribution is 5.67. The van der Waals surface area contributed by atoms with Crippen LogP contribution in [0.25, 0.3) is 0 Å². The molecule has 0 unspecified atom stereocenters. The standard InChI is InChI=1S/C4H4N2O/c7-2-4-1-5-3-6-4/h3H,1H2,(H,5,6). The van der Waals surface area contributed by atoms with E-state index in [0.717, 1.165) is 0 Å². The Balaban J connectivity index is 2.77. The molecule has 1 rings (SSSR count). The van der Waals surface area contributed by atoms with Gasteiger partial charge in [0.25, 0.3) is 0 Å². The van der Waals surface area contributed by atoms with E-state index in [1.807, 2.05) is 0 Å². The highest BCUT2D eigenvalue weighted by Crippen LogP contribution is 1.89. The van der Waals surface area contributed by atoms with Crippen LogP contribution >= 0.6 is 0 Å². The molecule has 3 nitrogen and oxygen atoms in total. The van der Waals surface area contributed by atoms with Crippen LogP contribution in [0.1, 0.15) is 0 Å². The number of hydrogen-bond acceptors (Lipinski definition) is 3. The van der Waals surface area contributed by atoms with Gasteiger partial charge in [0.15, 0.2) is 0 Å². The highest BCUT2D eigenvalue weighted by Gasteiger charge is 1.96. The maximum absolute atomic E-state index is 9.69. The Morgan fingerprint density at radius 3 is 3.14 bits per heavy atom. The van der Waals surface area contributed by atoms with Crippen molar-refractivity contribution in [1.29, 1.82) is 0 Å². The number of rotatable bonds is 0. The van der Waals surface area contributed by atoms with Crippen molar-refractivity contribution in [1.82, 2.24) is 5.32 Å². The van der Waals surface area contributed by atoms with Crippen LogP contribution < -0.4 is 5.32 Å². The summed E-state index contributed by atoms with van der Waals surface area (Å²) in [4.78, 5) is 13.3. The van der Waals surface area contributed by atoms with Gasteiger partial charge >= 0.3 is 0 Å². The summed E-state index contributed by atoms with van der Waals surface area (Å²) < 4.78 is 0. The molecule has 0 aromatic rings. The molecule has 0 spiro atoms. The van der Waals surface area contributed by atoms with E-state index in [0.29, 0.717) is 12.2 Å². The first-order valence-corrected chi connectivity index (χ1v) is 1.93. The van der Waals surface area contributed by atoms with E-state index in [1.54, 1.807) is 5.94 Å². The lowest BCUT2D eigenvalue weighted by atomic mass is 10.5. The fourth-order valence-electron chi connectivity index (χ4n) is 0.374. The minimum Gasteiger partial charge on any atom is -0.370 e. The summed E-state index contributed by atoms with van der Waals surface area (Å²) in [5, 5.41) is 2.73. The summed E-state index contributed by atoms with van der Waals surface area (Å²) in [7, 11) is 0. The van der Waals surface area contributed by atoms with E-state index in [1.165, 1.54) is 6.34 Å². The summed E-state index contributed by atoms with van der Waals surface area (Å²) in [5.74, 6) is 1.67. The monoisotopic (exact) mass is 96.0 g/mol. The number of nitrogens with zero attached hydrogens (tertiary/aromatic N) is 1. The molecule has 0 atom stereocenters. The molecule has 0 amide bonds. The van der Waals surface area contributed by atoms with Gasteiger partial charge in [0.1, 0.15) is 11.6 Å². The van der Waals surface area contributed by atoms with Crippen LogP contribution in [0.3, 0.4) is 0 Å². The number of carbonyl (C=O) groups excluding carboxylic acids is 1. The molecule has 0 fully saturated rings. The maximum Gasteiger partial charge on any atom is 0.150 e. The number of hydrogen-bond donors (Lipinski definition) is 1. The number of nitrogens with one attached hydrogen (secondary N) is 1. The Bertz CT molecular complexity index is 144. The zero-order valence-corrected chi connectivity index (χ0v) is 3.64. The van der Waals surface area contributed by atoms with E-state index in [4.69, 9.17) is 0 Å². The molecule has 1 heterocycles. The van der Waals surface area contributed by atoms with Crippen LogP contribution in [0.5, 0.6) is 0 Å². The summed E-state index contributed by atoms with van der Waals surface area (Å²) in [6.45, 7) is 0.531.